The van der Waals surface area contributed by atoms with Crippen molar-refractivity contribution >= 4 is 11.8 Å². The summed E-state index contributed by atoms with van der Waals surface area (Å²) in [4.78, 5) is 27.0. The Morgan fingerprint density at radius 3 is 2.60 bits per heavy atom. The van der Waals surface area contributed by atoms with Crippen molar-refractivity contribution < 1.29 is 14.3 Å². The van der Waals surface area contributed by atoms with Crippen molar-refractivity contribution in [3.63, 3.8) is 0 Å². The number of nitrogens with zero attached hydrogens (tertiary/aromatic N) is 1. The van der Waals surface area contributed by atoms with E-state index in [9.17, 15) is 9.59 Å². The number of nitrogens with one attached hydrogen (secondary N) is 1. The monoisotopic (exact) mass is 282 g/mol. The van der Waals surface area contributed by atoms with Crippen molar-refractivity contribution in [2.45, 2.75) is 63.5 Å². The molecule has 0 aromatic heterocycles. The van der Waals surface area contributed by atoms with Crippen LogP contribution in [-0.4, -0.2) is 48.6 Å². The van der Waals surface area contributed by atoms with Gasteiger partial charge in [-0.05, 0) is 25.7 Å². The second-order valence-corrected chi connectivity index (χ2v) is 5.90. The molecule has 1 aliphatic carbocycles. The molecule has 1 unspecified atom stereocenters. The average Bonchev–Trinajstić information content (AvgIpc) is 2.45. The highest BCUT2D eigenvalue weighted by Crippen LogP contribution is 2.33. The standard InChI is InChI=1S/C15H26N2O3/c1-3-12-13(18)16-15(8-5-4-6-9-15)14(19)17(12)10-7-11-20-2/h12H,3-11H2,1-2H3,(H,16,18). The highest BCUT2D eigenvalue weighted by Gasteiger charge is 2.50. The Bertz CT molecular complexity index is 364. The molecule has 2 fully saturated rings. The van der Waals surface area contributed by atoms with Crippen LogP contribution in [0.2, 0.25) is 0 Å². The molecular formula is C15H26N2O3. The molecule has 5 heteroatoms. The minimum absolute atomic E-state index is 0.0198. The smallest absolute Gasteiger partial charge is 0.249 e. The minimum Gasteiger partial charge on any atom is -0.385 e. The van der Waals surface area contributed by atoms with Crippen LogP contribution in [0.1, 0.15) is 51.9 Å². The molecular weight excluding hydrogens is 256 g/mol. The topological polar surface area (TPSA) is 58.6 Å². The van der Waals surface area contributed by atoms with E-state index in [2.05, 4.69) is 5.32 Å². The largest absolute Gasteiger partial charge is 0.385 e. The summed E-state index contributed by atoms with van der Waals surface area (Å²) in [7, 11) is 1.66. The Morgan fingerprint density at radius 1 is 1.30 bits per heavy atom. The molecule has 1 heterocycles. The highest BCUT2D eigenvalue weighted by atomic mass is 16.5. The van der Waals surface area contributed by atoms with Crippen LogP contribution in [0.25, 0.3) is 0 Å². The van der Waals surface area contributed by atoms with Crippen LogP contribution in [0.5, 0.6) is 0 Å². The molecule has 0 radical (unpaired) electrons. The molecule has 1 saturated carbocycles. The highest BCUT2D eigenvalue weighted by molar-refractivity contribution is 5.99. The minimum atomic E-state index is -0.617. The lowest BCUT2D eigenvalue weighted by Crippen LogP contribution is -2.70. The Balaban J connectivity index is 2.15. The quantitative estimate of drug-likeness (QED) is 0.777. The van der Waals surface area contributed by atoms with Crippen LogP contribution in [0.15, 0.2) is 0 Å². The van der Waals surface area contributed by atoms with E-state index in [-0.39, 0.29) is 17.9 Å². The van der Waals surface area contributed by atoms with Crippen LogP contribution < -0.4 is 5.32 Å². The molecule has 0 aromatic rings. The second-order valence-electron chi connectivity index (χ2n) is 5.90. The normalized spacial score (nSPS) is 25.9. The Morgan fingerprint density at radius 2 is 2.00 bits per heavy atom. The first-order valence-corrected chi connectivity index (χ1v) is 7.76. The molecule has 1 atom stereocenters. The lowest BCUT2D eigenvalue weighted by atomic mass is 9.78. The maximum absolute atomic E-state index is 12.9. The summed E-state index contributed by atoms with van der Waals surface area (Å²) in [6.45, 7) is 3.19. The molecule has 2 amide bonds. The van der Waals surface area contributed by atoms with E-state index in [4.69, 9.17) is 4.74 Å². The fourth-order valence-corrected chi connectivity index (χ4v) is 3.47. The second kappa shape index (κ2) is 6.57. The van der Waals surface area contributed by atoms with E-state index in [1.807, 2.05) is 6.92 Å². The molecule has 2 rings (SSSR count). The number of amides is 2. The molecule has 20 heavy (non-hydrogen) atoms. The van der Waals surface area contributed by atoms with Crippen LogP contribution in [0.3, 0.4) is 0 Å². The zero-order chi connectivity index (χ0) is 14.6. The Labute approximate surface area is 121 Å². The maximum atomic E-state index is 12.9. The first-order valence-electron chi connectivity index (χ1n) is 7.76. The molecule has 5 nitrogen and oxygen atoms in total. The van der Waals surface area contributed by atoms with Crippen LogP contribution in [0, 0.1) is 0 Å². The van der Waals surface area contributed by atoms with Gasteiger partial charge in [-0.25, -0.2) is 0 Å². The van der Waals surface area contributed by atoms with Gasteiger partial charge in [0.15, 0.2) is 0 Å². The van der Waals surface area contributed by atoms with Gasteiger partial charge in [-0.15, -0.1) is 0 Å². The molecule has 1 spiro atoms. The van der Waals surface area contributed by atoms with Gasteiger partial charge in [0, 0.05) is 20.3 Å². The van der Waals surface area contributed by atoms with E-state index < -0.39 is 5.54 Å². The zero-order valence-electron chi connectivity index (χ0n) is 12.6. The number of carbonyl (C=O) groups excluding carboxylic acids is 2. The molecule has 2 aliphatic rings. The fraction of sp³-hybridized carbons (Fsp3) is 0.867. The van der Waals surface area contributed by atoms with E-state index in [0.717, 1.165) is 38.5 Å². The average molecular weight is 282 g/mol. The van der Waals surface area contributed by atoms with Gasteiger partial charge in [-0.2, -0.15) is 0 Å². The first-order chi connectivity index (χ1) is 9.64. The SMILES string of the molecule is CCC1C(=O)NC2(CCCCC2)C(=O)N1CCCOC. The lowest BCUT2D eigenvalue weighted by Gasteiger charge is -2.47. The van der Waals surface area contributed by atoms with Gasteiger partial charge >= 0.3 is 0 Å². The molecule has 1 saturated heterocycles. The van der Waals surface area contributed by atoms with Gasteiger partial charge in [-0.3, -0.25) is 9.59 Å². The van der Waals surface area contributed by atoms with Gasteiger partial charge in [-0.1, -0.05) is 26.2 Å². The molecule has 114 valence electrons. The third kappa shape index (κ3) is 2.82. The number of piperazine rings is 1. The van der Waals surface area contributed by atoms with Crippen LogP contribution in [0.4, 0.5) is 0 Å². The summed E-state index contributed by atoms with van der Waals surface area (Å²) in [5.74, 6) is 0.145. The summed E-state index contributed by atoms with van der Waals surface area (Å²) in [6, 6.07) is -0.313. The van der Waals surface area contributed by atoms with Gasteiger partial charge in [0.1, 0.15) is 11.6 Å². The Hall–Kier alpha value is -1.10. The zero-order valence-corrected chi connectivity index (χ0v) is 12.6. The van der Waals surface area contributed by atoms with Crippen molar-refractivity contribution in [3.05, 3.63) is 0 Å². The number of ether oxygens (including phenoxy) is 1. The summed E-state index contributed by atoms with van der Waals surface area (Å²) < 4.78 is 5.06. The summed E-state index contributed by atoms with van der Waals surface area (Å²) >= 11 is 0. The van der Waals surface area contributed by atoms with E-state index >= 15 is 0 Å². The predicted molar refractivity (Wildman–Crippen MR) is 76.2 cm³/mol. The van der Waals surface area contributed by atoms with E-state index in [0.29, 0.717) is 19.6 Å². The van der Waals surface area contributed by atoms with Crippen LogP contribution >= 0.6 is 0 Å². The van der Waals surface area contributed by atoms with Gasteiger partial charge in [0.2, 0.25) is 11.8 Å². The van der Waals surface area contributed by atoms with Gasteiger partial charge < -0.3 is 15.0 Å². The predicted octanol–water partition coefficient (Wildman–Crippen LogP) is 1.46. The molecule has 0 aromatic carbocycles. The van der Waals surface area contributed by atoms with Crippen molar-refractivity contribution in [1.82, 2.24) is 10.2 Å². The van der Waals surface area contributed by atoms with E-state index in [1.165, 1.54) is 0 Å². The number of hydrogen-bond donors (Lipinski definition) is 1. The van der Waals surface area contributed by atoms with Gasteiger partial charge in [0.25, 0.3) is 0 Å². The summed E-state index contributed by atoms with van der Waals surface area (Å²) in [5.41, 5.74) is -0.617. The molecule has 0 bridgehead atoms. The van der Waals surface area contributed by atoms with Crippen molar-refractivity contribution in [2.75, 3.05) is 20.3 Å². The molecule has 1 N–H and O–H groups in total. The van der Waals surface area contributed by atoms with Crippen molar-refractivity contribution in [1.29, 1.82) is 0 Å². The van der Waals surface area contributed by atoms with E-state index in [1.54, 1.807) is 12.0 Å². The number of methoxy groups -OCH3 is 1. The van der Waals surface area contributed by atoms with Crippen molar-refractivity contribution in [3.8, 4) is 0 Å². The van der Waals surface area contributed by atoms with Crippen LogP contribution in [-0.2, 0) is 14.3 Å². The number of hydrogen-bond acceptors (Lipinski definition) is 3. The van der Waals surface area contributed by atoms with Gasteiger partial charge in [0.05, 0.1) is 0 Å². The first kappa shape index (κ1) is 15.3. The summed E-state index contributed by atoms with van der Waals surface area (Å²) in [6.07, 6.45) is 6.22. The third-order valence-electron chi connectivity index (χ3n) is 4.55. The Kier molecular flexibility index (Phi) is 5.02. The van der Waals surface area contributed by atoms with Crippen molar-refractivity contribution in [2.24, 2.45) is 0 Å². The summed E-state index contributed by atoms with van der Waals surface area (Å²) in [5, 5.41) is 3.04. The maximum Gasteiger partial charge on any atom is 0.249 e. The number of carbonyl (C=O) groups is 2. The third-order valence-corrected chi connectivity index (χ3v) is 4.55. The lowest BCUT2D eigenvalue weighted by molar-refractivity contribution is -0.157. The fourth-order valence-electron chi connectivity index (χ4n) is 3.47. The molecule has 1 aliphatic heterocycles. The number of rotatable bonds is 5.